The van der Waals surface area contributed by atoms with Crippen molar-refractivity contribution in [1.82, 2.24) is 0 Å². The monoisotopic (exact) mass is 456 g/mol. The Morgan fingerprint density at radius 2 is 1.73 bits per heavy atom. The number of ether oxygens (including phenoxy) is 1. The Balaban J connectivity index is 1.37. The lowest BCUT2D eigenvalue weighted by Crippen LogP contribution is -2.50. The molecular formula is C31H52O2. The Hall–Kier alpha value is -0.790. The lowest BCUT2D eigenvalue weighted by Gasteiger charge is -2.58. The maximum absolute atomic E-state index is 12.1. The molecule has 0 saturated heterocycles. The number of carbonyl (C=O) groups excluding carboxylic acids is 1. The van der Waals surface area contributed by atoms with E-state index in [1.165, 1.54) is 83.5 Å². The van der Waals surface area contributed by atoms with Crippen LogP contribution in [0.25, 0.3) is 0 Å². The summed E-state index contributed by atoms with van der Waals surface area (Å²) in [6.45, 7) is 9.63. The molecule has 4 aliphatic carbocycles. The van der Waals surface area contributed by atoms with Crippen LogP contribution in [0.5, 0.6) is 0 Å². The van der Waals surface area contributed by atoms with E-state index in [-0.39, 0.29) is 12.1 Å². The highest BCUT2D eigenvalue weighted by atomic mass is 16.5. The zero-order valence-corrected chi connectivity index (χ0v) is 22.3. The molecule has 0 heterocycles. The van der Waals surface area contributed by atoms with Gasteiger partial charge in [0.1, 0.15) is 6.10 Å². The van der Waals surface area contributed by atoms with Crippen molar-refractivity contribution in [2.75, 3.05) is 0 Å². The molecule has 33 heavy (non-hydrogen) atoms. The van der Waals surface area contributed by atoms with Gasteiger partial charge < -0.3 is 4.74 Å². The molecule has 3 saturated carbocycles. The molecule has 2 heteroatoms. The standard InChI is InChI=1S/C31H52O2/c1-5-7-8-9-10-11-13-23-15-17-27-26-16-14-24-22-25(33-29(32)12-6-2)18-20-31(24,4)28(26)19-21-30(23,27)3/h14,23,25-28H,5-13,15-22H2,1-4H3/t23-,25-,26-,27-,28-,30+,31-/m0/s1. The van der Waals surface area contributed by atoms with Gasteiger partial charge in [-0.1, -0.05) is 77.9 Å². The summed E-state index contributed by atoms with van der Waals surface area (Å²) in [5.74, 6) is 3.68. The maximum atomic E-state index is 12.1. The number of allylic oxidation sites excluding steroid dienone is 1. The minimum atomic E-state index is 0.0104. The van der Waals surface area contributed by atoms with Gasteiger partial charge in [-0.05, 0) is 92.3 Å². The van der Waals surface area contributed by atoms with Crippen molar-refractivity contribution >= 4 is 5.97 Å². The molecule has 0 unspecified atom stereocenters. The Kier molecular flexibility index (Phi) is 8.33. The summed E-state index contributed by atoms with van der Waals surface area (Å²) in [6.07, 6.45) is 24.7. The minimum Gasteiger partial charge on any atom is -0.462 e. The van der Waals surface area contributed by atoms with Crippen LogP contribution in [0.3, 0.4) is 0 Å². The molecular weight excluding hydrogens is 404 g/mol. The van der Waals surface area contributed by atoms with E-state index < -0.39 is 0 Å². The van der Waals surface area contributed by atoms with Crippen LogP contribution < -0.4 is 0 Å². The van der Waals surface area contributed by atoms with Gasteiger partial charge >= 0.3 is 5.97 Å². The Morgan fingerprint density at radius 3 is 2.52 bits per heavy atom. The van der Waals surface area contributed by atoms with E-state index >= 15 is 0 Å². The fourth-order valence-corrected chi connectivity index (χ4v) is 8.93. The zero-order chi connectivity index (χ0) is 23.5. The zero-order valence-electron chi connectivity index (χ0n) is 22.3. The molecule has 0 spiro atoms. The van der Waals surface area contributed by atoms with Crippen molar-refractivity contribution in [3.63, 3.8) is 0 Å². The molecule has 4 rings (SSSR count). The summed E-state index contributed by atoms with van der Waals surface area (Å²) in [5.41, 5.74) is 2.59. The number of hydrogen-bond donors (Lipinski definition) is 0. The second-order valence-corrected chi connectivity index (χ2v) is 12.7. The van der Waals surface area contributed by atoms with Gasteiger partial charge in [0.25, 0.3) is 0 Å². The molecule has 0 N–H and O–H groups in total. The largest absolute Gasteiger partial charge is 0.462 e. The van der Waals surface area contributed by atoms with Crippen LogP contribution >= 0.6 is 0 Å². The lowest BCUT2D eigenvalue weighted by molar-refractivity contribution is -0.151. The first-order chi connectivity index (χ1) is 15.9. The fraction of sp³-hybridized carbons (Fsp3) is 0.903. The molecule has 188 valence electrons. The van der Waals surface area contributed by atoms with Gasteiger partial charge in [0.15, 0.2) is 0 Å². The van der Waals surface area contributed by atoms with Crippen LogP contribution in [-0.4, -0.2) is 12.1 Å². The molecule has 0 aromatic rings. The Labute approximate surface area is 204 Å². The third kappa shape index (κ3) is 5.11. The fourth-order valence-electron chi connectivity index (χ4n) is 8.93. The van der Waals surface area contributed by atoms with E-state index in [1.807, 2.05) is 0 Å². The summed E-state index contributed by atoms with van der Waals surface area (Å²) in [6, 6.07) is 0. The second-order valence-electron chi connectivity index (χ2n) is 12.7. The smallest absolute Gasteiger partial charge is 0.306 e. The number of carbonyl (C=O) groups is 1. The summed E-state index contributed by atoms with van der Waals surface area (Å²) in [7, 11) is 0. The van der Waals surface area contributed by atoms with E-state index in [2.05, 4.69) is 33.8 Å². The van der Waals surface area contributed by atoms with Crippen molar-refractivity contribution in [1.29, 1.82) is 0 Å². The normalized spacial score (nSPS) is 39.9. The Morgan fingerprint density at radius 1 is 0.939 bits per heavy atom. The van der Waals surface area contributed by atoms with Crippen molar-refractivity contribution < 1.29 is 9.53 Å². The second kappa shape index (κ2) is 10.9. The summed E-state index contributed by atoms with van der Waals surface area (Å²) < 4.78 is 5.85. The number of esters is 1. The molecule has 0 aliphatic heterocycles. The van der Waals surface area contributed by atoms with Gasteiger partial charge in [-0.3, -0.25) is 4.79 Å². The third-order valence-corrected chi connectivity index (χ3v) is 10.9. The highest BCUT2D eigenvalue weighted by Crippen LogP contribution is 2.66. The highest BCUT2D eigenvalue weighted by molar-refractivity contribution is 5.69. The van der Waals surface area contributed by atoms with E-state index in [4.69, 9.17) is 4.74 Å². The SMILES string of the molecule is CCCCCCCC[C@H]1CC[C@H]2[C@@H]3CC=C4C[C@@H](OC(=O)CCC)CC[C@]4(C)[C@H]3CC[C@]12C. The summed E-state index contributed by atoms with van der Waals surface area (Å²) in [5, 5.41) is 0. The first-order valence-electron chi connectivity index (χ1n) is 14.8. The van der Waals surface area contributed by atoms with Gasteiger partial charge in [-0.15, -0.1) is 0 Å². The molecule has 7 atom stereocenters. The average molecular weight is 457 g/mol. The van der Waals surface area contributed by atoms with Crippen molar-refractivity contribution in [2.45, 2.75) is 143 Å². The van der Waals surface area contributed by atoms with Gasteiger partial charge in [-0.2, -0.15) is 0 Å². The summed E-state index contributed by atoms with van der Waals surface area (Å²) >= 11 is 0. The molecule has 4 aliphatic rings. The van der Waals surface area contributed by atoms with Crippen LogP contribution in [0.1, 0.15) is 137 Å². The third-order valence-electron chi connectivity index (χ3n) is 10.9. The van der Waals surface area contributed by atoms with Crippen LogP contribution in [0.15, 0.2) is 11.6 Å². The molecule has 0 amide bonds. The predicted octanol–water partition coefficient (Wildman–Crippen LogP) is 9.03. The molecule has 0 aromatic heterocycles. The van der Waals surface area contributed by atoms with Crippen LogP contribution in [0.2, 0.25) is 0 Å². The topological polar surface area (TPSA) is 26.3 Å². The van der Waals surface area contributed by atoms with Gasteiger partial charge in [-0.25, -0.2) is 0 Å². The quantitative estimate of drug-likeness (QED) is 0.186. The first kappa shape index (κ1) is 25.3. The van der Waals surface area contributed by atoms with Gasteiger partial charge in [0, 0.05) is 12.8 Å². The number of rotatable bonds is 10. The van der Waals surface area contributed by atoms with Crippen LogP contribution in [0, 0.1) is 34.5 Å². The molecule has 2 nitrogen and oxygen atoms in total. The number of unbranched alkanes of at least 4 members (excludes halogenated alkanes) is 5. The molecule has 0 aromatic carbocycles. The number of hydrogen-bond acceptors (Lipinski definition) is 2. The van der Waals surface area contributed by atoms with Crippen molar-refractivity contribution in [2.24, 2.45) is 34.5 Å². The van der Waals surface area contributed by atoms with Crippen molar-refractivity contribution in [3.8, 4) is 0 Å². The maximum Gasteiger partial charge on any atom is 0.306 e. The van der Waals surface area contributed by atoms with E-state index in [9.17, 15) is 4.79 Å². The average Bonchev–Trinajstić information content (AvgIpc) is 3.13. The number of fused-ring (bicyclic) bond motifs is 5. The minimum absolute atomic E-state index is 0.0104. The molecule has 0 bridgehead atoms. The predicted molar refractivity (Wildman–Crippen MR) is 138 cm³/mol. The Bertz CT molecular complexity index is 695. The van der Waals surface area contributed by atoms with E-state index in [0.717, 1.165) is 42.9 Å². The van der Waals surface area contributed by atoms with E-state index in [1.54, 1.807) is 5.57 Å². The summed E-state index contributed by atoms with van der Waals surface area (Å²) in [4.78, 5) is 12.1. The lowest BCUT2D eigenvalue weighted by atomic mass is 9.47. The molecule has 3 fully saturated rings. The van der Waals surface area contributed by atoms with Crippen molar-refractivity contribution in [3.05, 3.63) is 11.6 Å². The van der Waals surface area contributed by atoms with E-state index in [0.29, 0.717) is 17.3 Å². The first-order valence-corrected chi connectivity index (χ1v) is 14.8. The highest BCUT2D eigenvalue weighted by Gasteiger charge is 2.58. The molecule has 0 radical (unpaired) electrons. The van der Waals surface area contributed by atoms with Crippen LogP contribution in [0.4, 0.5) is 0 Å². The van der Waals surface area contributed by atoms with Crippen LogP contribution in [-0.2, 0) is 9.53 Å². The van der Waals surface area contributed by atoms with Gasteiger partial charge in [0.05, 0.1) is 0 Å². The van der Waals surface area contributed by atoms with Gasteiger partial charge in [0.2, 0.25) is 0 Å².